The second-order valence-corrected chi connectivity index (χ2v) is 3.61. The van der Waals surface area contributed by atoms with Gasteiger partial charge in [-0.3, -0.25) is 10.2 Å². The summed E-state index contributed by atoms with van der Waals surface area (Å²) in [7, 11) is 0. The van der Waals surface area contributed by atoms with Gasteiger partial charge in [-0.15, -0.1) is 0 Å². The minimum Gasteiger partial charge on any atom is -0.479 e. The first-order chi connectivity index (χ1) is 7.04. The van der Waals surface area contributed by atoms with Crippen molar-refractivity contribution in [3.8, 4) is 5.75 Å². The fourth-order valence-electron chi connectivity index (χ4n) is 1.06. The highest BCUT2D eigenvalue weighted by Crippen LogP contribution is 2.26. The third kappa shape index (κ3) is 3.11. The highest BCUT2D eigenvalue weighted by atomic mass is 35.5. The van der Waals surface area contributed by atoms with Crippen molar-refractivity contribution in [1.82, 2.24) is 5.43 Å². The lowest BCUT2D eigenvalue weighted by molar-refractivity contribution is -0.127. The van der Waals surface area contributed by atoms with Crippen molar-refractivity contribution in [3.05, 3.63) is 28.8 Å². The van der Waals surface area contributed by atoms with Gasteiger partial charge in [-0.05, 0) is 31.5 Å². The molecule has 0 aliphatic rings. The van der Waals surface area contributed by atoms with Gasteiger partial charge >= 0.3 is 0 Å². The van der Waals surface area contributed by atoms with Crippen molar-refractivity contribution in [1.29, 1.82) is 0 Å². The van der Waals surface area contributed by atoms with Crippen LogP contribution in [0.3, 0.4) is 0 Å². The first kappa shape index (κ1) is 11.8. The molecule has 4 nitrogen and oxygen atoms in total. The molecule has 0 fully saturated rings. The van der Waals surface area contributed by atoms with E-state index in [-0.39, 0.29) is 0 Å². The van der Waals surface area contributed by atoms with Gasteiger partial charge in [-0.1, -0.05) is 17.7 Å². The number of halogens is 1. The second-order valence-electron chi connectivity index (χ2n) is 3.20. The van der Waals surface area contributed by atoms with Crippen LogP contribution in [0.2, 0.25) is 5.02 Å². The summed E-state index contributed by atoms with van der Waals surface area (Å²) < 4.78 is 5.35. The van der Waals surface area contributed by atoms with Crippen LogP contribution in [-0.4, -0.2) is 12.0 Å². The Morgan fingerprint density at radius 2 is 2.27 bits per heavy atom. The number of hydrogen-bond donors (Lipinski definition) is 2. The predicted octanol–water partition coefficient (Wildman–Crippen LogP) is 1.41. The topological polar surface area (TPSA) is 64.3 Å². The van der Waals surface area contributed by atoms with Gasteiger partial charge in [0.1, 0.15) is 5.75 Å². The molecule has 0 saturated carbocycles. The standard InChI is InChI=1S/C10H13ClN2O2/c1-6-3-4-8(11)9(5-6)15-7(2)10(14)13-12/h3-5,7H,12H2,1-2H3,(H,13,14). The van der Waals surface area contributed by atoms with Crippen molar-refractivity contribution in [2.45, 2.75) is 20.0 Å². The number of nitrogens with one attached hydrogen (secondary N) is 1. The third-order valence-corrected chi connectivity index (χ3v) is 2.21. The maximum atomic E-state index is 11.1. The molecule has 0 radical (unpaired) electrons. The van der Waals surface area contributed by atoms with E-state index in [1.54, 1.807) is 19.1 Å². The van der Waals surface area contributed by atoms with Crippen molar-refractivity contribution in [3.63, 3.8) is 0 Å². The number of carbonyl (C=O) groups is 1. The lowest BCUT2D eigenvalue weighted by Crippen LogP contribution is -2.40. The summed E-state index contributed by atoms with van der Waals surface area (Å²) >= 11 is 5.90. The summed E-state index contributed by atoms with van der Waals surface area (Å²) in [6.07, 6.45) is -0.672. The predicted molar refractivity (Wildman–Crippen MR) is 58.6 cm³/mol. The van der Waals surface area contributed by atoms with E-state index in [1.807, 2.05) is 18.4 Å². The summed E-state index contributed by atoms with van der Waals surface area (Å²) in [5.41, 5.74) is 3.02. The number of ether oxygens (including phenoxy) is 1. The Kier molecular flexibility index (Phi) is 3.94. The Bertz CT molecular complexity index is 368. The molecule has 1 amide bonds. The maximum Gasteiger partial charge on any atom is 0.274 e. The lowest BCUT2D eigenvalue weighted by atomic mass is 10.2. The highest BCUT2D eigenvalue weighted by Gasteiger charge is 2.14. The van der Waals surface area contributed by atoms with E-state index < -0.39 is 12.0 Å². The molecule has 1 unspecified atom stereocenters. The molecule has 1 atom stereocenters. The van der Waals surface area contributed by atoms with Crippen LogP contribution < -0.4 is 16.0 Å². The molecule has 0 heterocycles. The number of hydrogen-bond acceptors (Lipinski definition) is 3. The summed E-state index contributed by atoms with van der Waals surface area (Å²) in [6, 6.07) is 5.35. The van der Waals surface area contributed by atoms with Gasteiger partial charge in [0.05, 0.1) is 5.02 Å². The minimum absolute atomic E-state index is 0.396. The van der Waals surface area contributed by atoms with Crippen LogP contribution in [0.1, 0.15) is 12.5 Å². The number of aryl methyl sites for hydroxylation is 1. The molecule has 0 saturated heterocycles. The molecular formula is C10H13ClN2O2. The summed E-state index contributed by atoms with van der Waals surface area (Å²) in [5, 5.41) is 0.470. The van der Waals surface area contributed by atoms with Crippen LogP contribution >= 0.6 is 11.6 Å². The van der Waals surface area contributed by atoms with E-state index in [2.05, 4.69) is 0 Å². The normalized spacial score (nSPS) is 12.0. The highest BCUT2D eigenvalue weighted by molar-refractivity contribution is 6.32. The third-order valence-electron chi connectivity index (χ3n) is 1.90. The number of amides is 1. The SMILES string of the molecule is Cc1ccc(Cl)c(OC(C)C(=O)NN)c1. The molecule has 5 heteroatoms. The molecule has 0 spiro atoms. The Morgan fingerprint density at radius 3 is 2.87 bits per heavy atom. The van der Waals surface area contributed by atoms with Gasteiger partial charge in [0.2, 0.25) is 0 Å². The van der Waals surface area contributed by atoms with Gasteiger partial charge in [0.25, 0.3) is 5.91 Å². The zero-order valence-electron chi connectivity index (χ0n) is 8.58. The Hall–Kier alpha value is -1.26. The smallest absolute Gasteiger partial charge is 0.274 e. The molecule has 0 aliphatic heterocycles. The van der Waals surface area contributed by atoms with Crippen molar-refractivity contribution < 1.29 is 9.53 Å². The summed E-state index contributed by atoms with van der Waals surface area (Å²) in [6.45, 7) is 3.51. The molecule has 0 aliphatic carbocycles. The van der Waals surface area contributed by atoms with Gasteiger partial charge in [0.15, 0.2) is 6.10 Å². The van der Waals surface area contributed by atoms with E-state index >= 15 is 0 Å². The van der Waals surface area contributed by atoms with Crippen molar-refractivity contribution in [2.24, 2.45) is 5.84 Å². The fourth-order valence-corrected chi connectivity index (χ4v) is 1.22. The molecule has 0 bridgehead atoms. The summed E-state index contributed by atoms with van der Waals surface area (Å²) in [5.74, 6) is 5.07. The average molecular weight is 229 g/mol. The Labute approximate surface area is 93.3 Å². The van der Waals surface area contributed by atoms with Crippen molar-refractivity contribution >= 4 is 17.5 Å². The Balaban J connectivity index is 2.80. The Morgan fingerprint density at radius 1 is 1.60 bits per heavy atom. The van der Waals surface area contributed by atoms with Crippen LogP contribution in [0.5, 0.6) is 5.75 Å². The van der Waals surface area contributed by atoms with E-state index in [9.17, 15) is 4.79 Å². The van der Waals surface area contributed by atoms with Gasteiger partial charge in [-0.2, -0.15) is 0 Å². The van der Waals surface area contributed by atoms with Gasteiger partial charge in [0, 0.05) is 0 Å². The van der Waals surface area contributed by atoms with Crippen LogP contribution in [0, 0.1) is 6.92 Å². The van der Waals surface area contributed by atoms with Crippen LogP contribution in [0.15, 0.2) is 18.2 Å². The average Bonchev–Trinajstić information content (AvgIpc) is 2.22. The van der Waals surface area contributed by atoms with Crippen molar-refractivity contribution in [2.75, 3.05) is 0 Å². The van der Waals surface area contributed by atoms with Gasteiger partial charge in [-0.25, -0.2) is 5.84 Å². The van der Waals surface area contributed by atoms with E-state index in [4.69, 9.17) is 22.2 Å². The molecule has 3 N–H and O–H groups in total. The van der Waals surface area contributed by atoms with E-state index in [0.29, 0.717) is 10.8 Å². The molecule has 1 aromatic carbocycles. The van der Waals surface area contributed by atoms with Crippen LogP contribution in [0.25, 0.3) is 0 Å². The minimum atomic E-state index is -0.672. The van der Waals surface area contributed by atoms with Crippen LogP contribution in [0.4, 0.5) is 0 Å². The van der Waals surface area contributed by atoms with Crippen LogP contribution in [-0.2, 0) is 4.79 Å². The van der Waals surface area contributed by atoms with Gasteiger partial charge < -0.3 is 4.74 Å². The first-order valence-electron chi connectivity index (χ1n) is 4.48. The zero-order chi connectivity index (χ0) is 11.4. The van der Waals surface area contributed by atoms with E-state index in [1.165, 1.54) is 0 Å². The largest absolute Gasteiger partial charge is 0.479 e. The molecule has 1 rings (SSSR count). The monoisotopic (exact) mass is 228 g/mol. The molecule has 0 aromatic heterocycles. The molecular weight excluding hydrogens is 216 g/mol. The number of hydrazine groups is 1. The number of benzene rings is 1. The maximum absolute atomic E-state index is 11.1. The van der Waals surface area contributed by atoms with E-state index in [0.717, 1.165) is 5.56 Å². The number of carbonyl (C=O) groups excluding carboxylic acids is 1. The summed E-state index contributed by atoms with van der Waals surface area (Å²) in [4.78, 5) is 11.1. The number of rotatable bonds is 3. The molecule has 1 aromatic rings. The first-order valence-corrected chi connectivity index (χ1v) is 4.85. The lowest BCUT2D eigenvalue weighted by Gasteiger charge is -2.14. The fraction of sp³-hybridized carbons (Fsp3) is 0.300. The zero-order valence-corrected chi connectivity index (χ0v) is 9.34. The molecule has 82 valence electrons. The second kappa shape index (κ2) is 5.00. The molecule has 15 heavy (non-hydrogen) atoms. The quantitative estimate of drug-likeness (QED) is 0.467. The number of nitrogens with two attached hydrogens (primary N) is 1.